The van der Waals surface area contributed by atoms with Crippen molar-refractivity contribution < 1.29 is 31.7 Å². The molecule has 156 valence electrons. The number of furan rings is 1. The molecule has 0 saturated carbocycles. The smallest absolute Gasteiger partial charge is 0.298 e. The Hall–Kier alpha value is -3.14. The molecule has 1 aromatic heterocycles. The number of alkyl halides is 1. The van der Waals surface area contributed by atoms with E-state index < -0.39 is 28.9 Å². The van der Waals surface area contributed by atoms with Gasteiger partial charge in [-0.25, -0.2) is 13.0 Å². The minimum atomic E-state index is -1.95. The minimum Gasteiger partial charge on any atom is -0.486 e. The number of benzene rings is 2. The number of carbonyl (C=O) groups excluding carboxylic acids is 1. The van der Waals surface area contributed by atoms with Crippen LogP contribution in [0.25, 0.3) is 11.0 Å². The second kappa shape index (κ2) is 7.28. The number of hydrogen-bond donors (Lipinski definition) is 1. The average molecular weight is 434 g/mol. The van der Waals surface area contributed by atoms with Crippen LogP contribution >= 0.6 is 0 Å². The highest BCUT2D eigenvalue weighted by Gasteiger charge is 2.28. The molecule has 5 rings (SSSR count). The van der Waals surface area contributed by atoms with Gasteiger partial charge in [-0.2, -0.15) is 0 Å². The van der Waals surface area contributed by atoms with E-state index in [2.05, 4.69) is 4.72 Å². The molecule has 3 heterocycles. The van der Waals surface area contributed by atoms with Gasteiger partial charge in [-0.1, -0.05) is 6.07 Å². The Bertz CT molecular complexity index is 1180. The van der Waals surface area contributed by atoms with Crippen LogP contribution in [0.15, 0.2) is 45.7 Å². The summed E-state index contributed by atoms with van der Waals surface area (Å²) in [5.74, 6) is -0.795. The first kappa shape index (κ1) is 18.9. The summed E-state index contributed by atoms with van der Waals surface area (Å²) in [6, 6.07) is 8.95. The van der Waals surface area contributed by atoms with E-state index in [0.717, 1.165) is 0 Å². The summed E-state index contributed by atoms with van der Waals surface area (Å²) in [4.78, 5) is 14.5. The van der Waals surface area contributed by atoms with Gasteiger partial charge < -0.3 is 18.8 Å². The Kier molecular flexibility index (Phi) is 4.58. The Morgan fingerprint density at radius 3 is 2.77 bits per heavy atom. The quantitative estimate of drug-likeness (QED) is 0.680. The SMILES string of the molecule is O=C(NS(=O)c1cccc2c1OCCO2)c1cc2c(F)cc(N3CC(F)C3)cc2o1. The molecule has 1 atom stereocenters. The van der Waals surface area contributed by atoms with E-state index in [9.17, 15) is 17.8 Å². The lowest BCUT2D eigenvalue weighted by molar-refractivity contribution is 0.0958. The number of anilines is 1. The average Bonchev–Trinajstić information content (AvgIpc) is 3.16. The van der Waals surface area contributed by atoms with Crippen molar-refractivity contribution in [2.75, 3.05) is 31.2 Å². The molecule has 1 unspecified atom stereocenters. The number of nitrogens with zero attached hydrogens (tertiary/aromatic N) is 1. The first-order valence-corrected chi connectivity index (χ1v) is 10.4. The molecule has 0 radical (unpaired) electrons. The van der Waals surface area contributed by atoms with Gasteiger partial charge in [0.25, 0.3) is 5.91 Å². The number of ether oxygens (including phenoxy) is 2. The maximum absolute atomic E-state index is 14.5. The van der Waals surface area contributed by atoms with E-state index in [0.29, 0.717) is 30.4 Å². The molecule has 1 N–H and O–H groups in total. The van der Waals surface area contributed by atoms with Crippen molar-refractivity contribution in [2.45, 2.75) is 11.1 Å². The number of hydrogen-bond acceptors (Lipinski definition) is 6. The number of amides is 1. The number of para-hydroxylation sites is 1. The lowest BCUT2D eigenvalue weighted by Gasteiger charge is -2.36. The highest BCUT2D eigenvalue weighted by Crippen LogP contribution is 2.35. The van der Waals surface area contributed by atoms with Crippen LogP contribution in [0.4, 0.5) is 14.5 Å². The number of fused-ring (bicyclic) bond motifs is 2. The van der Waals surface area contributed by atoms with Gasteiger partial charge in [-0.15, -0.1) is 0 Å². The number of rotatable bonds is 4. The first-order valence-electron chi connectivity index (χ1n) is 9.23. The van der Waals surface area contributed by atoms with Crippen LogP contribution in [-0.4, -0.2) is 42.6 Å². The standard InChI is InChI=1S/C20H16F2N2O5S/c21-11-9-24(10-11)12-6-14(22)13-8-17(29-16(13)7-12)20(25)23-30(26)18-3-1-2-15-19(18)28-5-4-27-15/h1-3,6-8,11H,4-5,9-10H2,(H,23,25). The summed E-state index contributed by atoms with van der Waals surface area (Å²) in [5.41, 5.74) is 0.629. The molecular weight excluding hydrogens is 418 g/mol. The Morgan fingerprint density at radius 1 is 1.17 bits per heavy atom. The molecule has 7 nitrogen and oxygen atoms in total. The summed E-state index contributed by atoms with van der Waals surface area (Å²) in [6.45, 7) is 1.06. The molecule has 1 saturated heterocycles. The minimum absolute atomic E-state index is 0.112. The van der Waals surface area contributed by atoms with E-state index >= 15 is 0 Å². The lowest BCUT2D eigenvalue weighted by atomic mass is 10.1. The van der Waals surface area contributed by atoms with Crippen molar-refractivity contribution in [3.63, 3.8) is 0 Å². The van der Waals surface area contributed by atoms with Gasteiger partial charge in [-0.3, -0.25) is 9.52 Å². The highest BCUT2D eigenvalue weighted by atomic mass is 32.2. The number of carbonyl (C=O) groups is 1. The fourth-order valence-corrected chi connectivity index (χ4v) is 4.30. The third kappa shape index (κ3) is 3.26. The fourth-order valence-electron chi connectivity index (χ4n) is 3.40. The lowest BCUT2D eigenvalue weighted by Crippen LogP contribution is -2.48. The van der Waals surface area contributed by atoms with Gasteiger partial charge in [0.1, 0.15) is 35.7 Å². The summed E-state index contributed by atoms with van der Waals surface area (Å²) >= 11 is 0. The van der Waals surface area contributed by atoms with E-state index in [1.54, 1.807) is 29.2 Å². The van der Waals surface area contributed by atoms with Crippen LogP contribution in [0, 0.1) is 5.82 Å². The van der Waals surface area contributed by atoms with Gasteiger partial charge in [-0.05, 0) is 18.2 Å². The summed E-state index contributed by atoms with van der Waals surface area (Å²) in [5, 5.41) is 0.112. The number of nitrogens with one attached hydrogen (secondary N) is 1. The molecule has 1 amide bonds. The Balaban J connectivity index is 1.39. The highest BCUT2D eigenvalue weighted by molar-refractivity contribution is 7.83. The summed E-state index contributed by atoms with van der Waals surface area (Å²) < 4.78 is 59.0. The molecule has 2 aliphatic heterocycles. The molecule has 2 aromatic carbocycles. The van der Waals surface area contributed by atoms with Gasteiger partial charge in [0, 0.05) is 17.8 Å². The normalized spacial score (nSPS) is 16.9. The van der Waals surface area contributed by atoms with E-state index in [4.69, 9.17) is 13.9 Å². The molecule has 0 bridgehead atoms. The second-order valence-corrected chi connectivity index (χ2v) is 8.11. The molecule has 0 aliphatic carbocycles. The van der Waals surface area contributed by atoms with Crippen LogP contribution in [-0.2, 0) is 11.0 Å². The van der Waals surface area contributed by atoms with Crippen molar-refractivity contribution >= 4 is 33.5 Å². The van der Waals surface area contributed by atoms with Crippen LogP contribution in [0.1, 0.15) is 10.6 Å². The van der Waals surface area contributed by atoms with Crippen molar-refractivity contribution in [2.24, 2.45) is 0 Å². The van der Waals surface area contributed by atoms with E-state index in [1.807, 2.05) is 0 Å². The molecule has 10 heteroatoms. The third-order valence-electron chi connectivity index (χ3n) is 4.91. The van der Waals surface area contributed by atoms with Crippen LogP contribution in [0.2, 0.25) is 0 Å². The van der Waals surface area contributed by atoms with Crippen LogP contribution in [0.3, 0.4) is 0 Å². The van der Waals surface area contributed by atoms with Crippen molar-refractivity contribution in [3.05, 3.63) is 48.0 Å². The Morgan fingerprint density at radius 2 is 1.97 bits per heavy atom. The zero-order valence-corrected chi connectivity index (χ0v) is 16.3. The summed E-state index contributed by atoms with van der Waals surface area (Å²) in [6.07, 6.45) is -0.935. The zero-order chi connectivity index (χ0) is 20.8. The maximum Gasteiger partial charge on any atom is 0.298 e. The van der Waals surface area contributed by atoms with Gasteiger partial charge in [0.2, 0.25) is 0 Å². The van der Waals surface area contributed by atoms with Crippen LogP contribution in [0.5, 0.6) is 11.5 Å². The molecule has 3 aromatic rings. The fraction of sp³-hybridized carbons (Fsp3) is 0.250. The second-order valence-electron chi connectivity index (χ2n) is 6.93. The number of halogens is 2. The van der Waals surface area contributed by atoms with Crippen LogP contribution < -0.4 is 19.1 Å². The first-order chi connectivity index (χ1) is 14.5. The third-order valence-corrected chi connectivity index (χ3v) is 6.00. The van der Waals surface area contributed by atoms with Crippen molar-refractivity contribution in [1.82, 2.24) is 4.72 Å². The predicted octanol–water partition coefficient (Wildman–Crippen LogP) is 2.95. The Labute approximate surface area is 172 Å². The van der Waals surface area contributed by atoms with Gasteiger partial charge in [0.15, 0.2) is 28.2 Å². The van der Waals surface area contributed by atoms with Gasteiger partial charge >= 0.3 is 0 Å². The monoisotopic (exact) mass is 434 g/mol. The molecule has 1 fully saturated rings. The molecule has 2 aliphatic rings. The largest absolute Gasteiger partial charge is 0.486 e. The van der Waals surface area contributed by atoms with Gasteiger partial charge in [0.05, 0.1) is 18.5 Å². The van der Waals surface area contributed by atoms with E-state index in [1.165, 1.54) is 12.1 Å². The summed E-state index contributed by atoms with van der Waals surface area (Å²) in [7, 11) is -1.95. The van der Waals surface area contributed by atoms with Crippen molar-refractivity contribution in [1.29, 1.82) is 0 Å². The predicted molar refractivity (Wildman–Crippen MR) is 105 cm³/mol. The van der Waals surface area contributed by atoms with Crippen molar-refractivity contribution in [3.8, 4) is 11.5 Å². The molecule has 0 spiro atoms. The van der Waals surface area contributed by atoms with E-state index in [-0.39, 0.29) is 34.7 Å². The zero-order valence-electron chi connectivity index (χ0n) is 15.5. The molecular formula is C20H16F2N2O5S. The molecule has 30 heavy (non-hydrogen) atoms. The topological polar surface area (TPSA) is 81.0 Å². The maximum atomic E-state index is 14.5.